The van der Waals surface area contributed by atoms with Gasteiger partial charge >= 0.3 is 0 Å². The average molecular weight is 414 g/mol. The summed E-state index contributed by atoms with van der Waals surface area (Å²) in [6.07, 6.45) is 0. The number of halogens is 4. The fraction of sp³-hybridized carbons (Fsp3) is 0.263. The minimum atomic E-state index is -1.69. The van der Waals surface area contributed by atoms with Crippen LogP contribution < -0.4 is 16.0 Å². The molecule has 0 aliphatic heterocycles. The van der Waals surface area contributed by atoms with Gasteiger partial charge in [0, 0.05) is 11.1 Å². The van der Waals surface area contributed by atoms with Crippen molar-refractivity contribution in [3.05, 3.63) is 64.4 Å². The van der Waals surface area contributed by atoms with Crippen molar-refractivity contribution in [1.82, 2.24) is 10.6 Å². The van der Waals surface area contributed by atoms with Crippen LogP contribution in [0.25, 0.3) is 0 Å². The number of nitrogens with one attached hydrogen (secondary N) is 3. The molecule has 0 saturated carbocycles. The van der Waals surface area contributed by atoms with Crippen LogP contribution in [-0.4, -0.2) is 24.4 Å². The van der Waals surface area contributed by atoms with E-state index in [0.29, 0.717) is 11.1 Å². The molecule has 0 radical (unpaired) electrons. The second-order valence-corrected chi connectivity index (χ2v) is 6.53. The molecule has 2 aromatic carbocycles. The first-order valence-electron chi connectivity index (χ1n) is 8.42. The first kappa shape index (κ1) is 21.7. The summed E-state index contributed by atoms with van der Waals surface area (Å²) in [6, 6.07) is 7.89. The fourth-order valence-corrected chi connectivity index (χ4v) is 2.80. The zero-order valence-corrected chi connectivity index (χ0v) is 15.9. The summed E-state index contributed by atoms with van der Waals surface area (Å²) in [5.41, 5.74) is 0.298. The Morgan fingerprint density at radius 3 is 2.39 bits per heavy atom. The van der Waals surface area contributed by atoms with E-state index in [0.717, 1.165) is 11.6 Å². The van der Waals surface area contributed by atoms with E-state index in [9.17, 15) is 22.8 Å². The van der Waals surface area contributed by atoms with Crippen molar-refractivity contribution in [2.24, 2.45) is 0 Å². The summed E-state index contributed by atoms with van der Waals surface area (Å²) in [4.78, 5) is 24.0. The quantitative estimate of drug-likeness (QED) is 0.608. The zero-order chi connectivity index (χ0) is 20.8. The lowest BCUT2D eigenvalue weighted by Crippen LogP contribution is -2.45. The molecule has 0 fully saturated rings. The Morgan fingerprint density at radius 1 is 1.04 bits per heavy atom. The highest BCUT2D eigenvalue weighted by Gasteiger charge is 2.19. The van der Waals surface area contributed by atoms with Crippen molar-refractivity contribution >= 4 is 29.1 Å². The molecular weight excluding hydrogens is 395 g/mol. The third-order valence-corrected chi connectivity index (χ3v) is 4.34. The van der Waals surface area contributed by atoms with Crippen molar-refractivity contribution in [1.29, 1.82) is 0 Å². The number of carbonyl (C=O) groups is 2. The zero-order valence-electron chi connectivity index (χ0n) is 15.2. The number of carbonyl (C=O) groups excluding carboxylic acids is 2. The highest BCUT2D eigenvalue weighted by Crippen LogP contribution is 2.22. The van der Waals surface area contributed by atoms with E-state index in [1.807, 2.05) is 19.1 Å². The van der Waals surface area contributed by atoms with Crippen LogP contribution >= 0.6 is 11.6 Å². The summed E-state index contributed by atoms with van der Waals surface area (Å²) in [5, 5.41) is 8.07. The Kier molecular flexibility index (Phi) is 7.42. The second kappa shape index (κ2) is 9.57. The number of rotatable bonds is 7. The molecule has 0 heterocycles. The van der Waals surface area contributed by atoms with Crippen LogP contribution in [0.15, 0.2) is 36.4 Å². The first-order chi connectivity index (χ1) is 13.2. The number of anilines is 1. The van der Waals surface area contributed by atoms with Gasteiger partial charge in [-0.1, -0.05) is 29.8 Å². The van der Waals surface area contributed by atoms with Gasteiger partial charge in [-0.05, 0) is 37.6 Å². The standard InChI is InChI=1S/C19H19ClF3N3O2/c1-10(12-5-3-4-6-13(12)20)25-11(2)19(28)24-9-16(27)26-15-8-7-14(21)17(22)18(15)23/h3-8,10-11,25H,9H2,1-2H3,(H,24,28)(H,26,27)/t10-,11+/m0/s1. The molecule has 0 unspecified atom stereocenters. The van der Waals surface area contributed by atoms with Gasteiger partial charge in [-0.25, -0.2) is 13.2 Å². The molecule has 28 heavy (non-hydrogen) atoms. The summed E-state index contributed by atoms with van der Waals surface area (Å²) >= 11 is 6.12. The summed E-state index contributed by atoms with van der Waals surface area (Å²) in [6.45, 7) is 2.98. The lowest BCUT2D eigenvalue weighted by Gasteiger charge is -2.20. The van der Waals surface area contributed by atoms with Crippen LogP contribution in [0, 0.1) is 17.5 Å². The van der Waals surface area contributed by atoms with Crippen LogP contribution in [0.2, 0.25) is 5.02 Å². The minimum Gasteiger partial charge on any atom is -0.346 e. The molecule has 2 rings (SSSR count). The Balaban J connectivity index is 1.86. The van der Waals surface area contributed by atoms with Gasteiger partial charge < -0.3 is 10.6 Å². The maximum Gasteiger partial charge on any atom is 0.243 e. The number of hydrogen-bond donors (Lipinski definition) is 3. The summed E-state index contributed by atoms with van der Waals surface area (Å²) in [7, 11) is 0. The molecule has 0 aliphatic rings. The van der Waals surface area contributed by atoms with Gasteiger partial charge in [0.1, 0.15) is 0 Å². The van der Waals surface area contributed by atoms with E-state index in [4.69, 9.17) is 11.6 Å². The van der Waals surface area contributed by atoms with E-state index in [2.05, 4.69) is 16.0 Å². The molecule has 2 amide bonds. The maximum absolute atomic E-state index is 13.5. The highest BCUT2D eigenvalue weighted by molar-refractivity contribution is 6.31. The van der Waals surface area contributed by atoms with E-state index in [1.54, 1.807) is 19.1 Å². The predicted molar refractivity (Wildman–Crippen MR) is 100 cm³/mol. The van der Waals surface area contributed by atoms with E-state index in [1.165, 1.54) is 0 Å². The molecule has 2 aromatic rings. The summed E-state index contributed by atoms with van der Waals surface area (Å²) in [5.74, 6) is -5.82. The number of hydrogen-bond acceptors (Lipinski definition) is 3. The molecule has 2 atom stereocenters. The lowest BCUT2D eigenvalue weighted by atomic mass is 10.1. The first-order valence-corrected chi connectivity index (χ1v) is 8.80. The average Bonchev–Trinajstić information content (AvgIpc) is 2.66. The van der Waals surface area contributed by atoms with Crippen LogP contribution in [0.3, 0.4) is 0 Å². The van der Waals surface area contributed by atoms with Gasteiger partial charge in [0.05, 0.1) is 18.3 Å². The molecule has 0 saturated heterocycles. The monoisotopic (exact) mass is 413 g/mol. The molecule has 3 N–H and O–H groups in total. The Morgan fingerprint density at radius 2 is 1.71 bits per heavy atom. The molecule has 0 bridgehead atoms. The van der Waals surface area contributed by atoms with Crippen LogP contribution in [0.1, 0.15) is 25.5 Å². The van der Waals surface area contributed by atoms with Crippen molar-refractivity contribution < 1.29 is 22.8 Å². The highest BCUT2D eigenvalue weighted by atomic mass is 35.5. The maximum atomic E-state index is 13.5. The number of amides is 2. The van der Waals surface area contributed by atoms with Gasteiger partial charge in [-0.2, -0.15) is 0 Å². The Labute approximate surface area is 165 Å². The van der Waals surface area contributed by atoms with E-state index < -0.39 is 47.5 Å². The van der Waals surface area contributed by atoms with Crippen molar-refractivity contribution in [2.45, 2.75) is 25.9 Å². The Bertz CT molecular complexity index is 879. The van der Waals surface area contributed by atoms with Crippen LogP contribution in [-0.2, 0) is 9.59 Å². The largest absolute Gasteiger partial charge is 0.346 e. The van der Waals surface area contributed by atoms with Crippen molar-refractivity contribution in [3.8, 4) is 0 Å². The van der Waals surface area contributed by atoms with E-state index >= 15 is 0 Å². The predicted octanol–water partition coefficient (Wildman–Crippen LogP) is 3.55. The second-order valence-electron chi connectivity index (χ2n) is 6.12. The summed E-state index contributed by atoms with van der Waals surface area (Å²) < 4.78 is 39.6. The molecular formula is C19H19ClF3N3O2. The van der Waals surface area contributed by atoms with Crippen LogP contribution in [0.4, 0.5) is 18.9 Å². The lowest BCUT2D eigenvalue weighted by molar-refractivity contribution is -0.125. The minimum absolute atomic E-state index is 0.223. The van der Waals surface area contributed by atoms with Gasteiger partial charge in [0.15, 0.2) is 17.5 Å². The Hall–Kier alpha value is -2.58. The van der Waals surface area contributed by atoms with Gasteiger partial charge in [0.2, 0.25) is 11.8 Å². The molecule has 9 heteroatoms. The fourth-order valence-electron chi connectivity index (χ4n) is 2.50. The van der Waals surface area contributed by atoms with E-state index in [-0.39, 0.29) is 6.04 Å². The molecule has 0 spiro atoms. The number of benzene rings is 2. The topological polar surface area (TPSA) is 70.2 Å². The molecule has 0 aliphatic carbocycles. The van der Waals surface area contributed by atoms with Crippen molar-refractivity contribution in [2.75, 3.05) is 11.9 Å². The third kappa shape index (κ3) is 5.46. The van der Waals surface area contributed by atoms with Crippen molar-refractivity contribution in [3.63, 3.8) is 0 Å². The van der Waals surface area contributed by atoms with Gasteiger partial charge in [0.25, 0.3) is 0 Å². The smallest absolute Gasteiger partial charge is 0.243 e. The van der Waals surface area contributed by atoms with Gasteiger partial charge in [-0.15, -0.1) is 0 Å². The normalized spacial score (nSPS) is 12.9. The molecule has 5 nitrogen and oxygen atoms in total. The third-order valence-electron chi connectivity index (χ3n) is 4.00. The van der Waals surface area contributed by atoms with Gasteiger partial charge in [-0.3, -0.25) is 14.9 Å². The molecule has 150 valence electrons. The molecule has 0 aromatic heterocycles. The van der Waals surface area contributed by atoms with Crippen LogP contribution in [0.5, 0.6) is 0 Å². The SMILES string of the molecule is C[C@H](N[C@H](C)C(=O)NCC(=O)Nc1ccc(F)c(F)c1F)c1ccccc1Cl.